The van der Waals surface area contributed by atoms with Crippen LogP contribution in [0.5, 0.6) is 0 Å². The molecule has 0 saturated heterocycles. The maximum Gasteiger partial charge on any atom is 0.136 e. The van der Waals surface area contributed by atoms with Crippen molar-refractivity contribution < 1.29 is 4.58 Å². The first-order valence-electron chi connectivity index (χ1n) is 3.29. The van der Waals surface area contributed by atoms with Gasteiger partial charge in [-0.05, 0) is 0 Å². The summed E-state index contributed by atoms with van der Waals surface area (Å²) in [6.45, 7) is 6.26. The van der Waals surface area contributed by atoms with Crippen LogP contribution in [0.25, 0.3) is 0 Å². The Kier molecular flexibility index (Phi) is 2.21. The number of hydrogen-bond donors (Lipinski definition) is 0. The molecule has 0 unspecified atom stereocenters. The summed E-state index contributed by atoms with van der Waals surface area (Å²) in [6.07, 6.45) is 0. The molecule has 0 heterocycles. The minimum absolute atomic E-state index is 0.806. The first-order chi connectivity index (χ1) is 4.79. The van der Waals surface area contributed by atoms with Crippen LogP contribution < -0.4 is 0 Å². The molecule has 0 aromatic heterocycles. The Balaban J connectivity index is 2.67. The standard InChI is InChI=1S/C9H11N/c1-10(2)8-9-6-4-3-5-7-9/h1,3-7H,8H2,2H3. The van der Waals surface area contributed by atoms with E-state index in [4.69, 9.17) is 6.72 Å². The van der Waals surface area contributed by atoms with Gasteiger partial charge in [-0.3, -0.25) is 0 Å². The van der Waals surface area contributed by atoms with Gasteiger partial charge in [-0.15, -0.1) is 0 Å². The average Bonchev–Trinajstić information content (AvgIpc) is 1.88. The van der Waals surface area contributed by atoms with Gasteiger partial charge in [0.15, 0.2) is 0 Å². The predicted molar refractivity (Wildman–Crippen MR) is 42.4 cm³/mol. The molecule has 52 valence electrons. The summed E-state index contributed by atoms with van der Waals surface area (Å²) in [5, 5.41) is 0. The lowest BCUT2D eigenvalue weighted by Crippen LogP contribution is -2.00. The Labute approximate surface area is 61.6 Å². The van der Waals surface area contributed by atoms with Crippen LogP contribution in [0.2, 0.25) is 0 Å². The van der Waals surface area contributed by atoms with E-state index in [-0.39, 0.29) is 0 Å². The molecule has 1 nitrogen and oxygen atoms in total. The Morgan fingerprint density at radius 2 is 1.90 bits per heavy atom. The molecule has 0 N–H and O–H groups in total. The van der Waals surface area contributed by atoms with E-state index in [0.717, 1.165) is 6.54 Å². The molecule has 0 spiro atoms. The topological polar surface area (TPSA) is 3.01 Å². The molecule has 0 saturated carbocycles. The summed E-state index contributed by atoms with van der Waals surface area (Å²) in [5.41, 5.74) is 1.24. The van der Waals surface area contributed by atoms with E-state index < -0.39 is 0 Å². The van der Waals surface area contributed by atoms with Crippen LogP contribution >= 0.6 is 0 Å². The highest BCUT2D eigenvalue weighted by atomic mass is 14.9. The molecule has 1 aromatic rings. The highest BCUT2D eigenvalue weighted by Gasteiger charge is 1.89. The van der Waals surface area contributed by atoms with Crippen molar-refractivity contribution in [2.45, 2.75) is 6.54 Å². The molecule has 1 aromatic carbocycles. The van der Waals surface area contributed by atoms with Crippen LogP contribution in [0.1, 0.15) is 5.56 Å². The minimum atomic E-state index is 0.806. The van der Waals surface area contributed by atoms with E-state index in [1.54, 1.807) is 4.58 Å². The summed E-state index contributed by atoms with van der Waals surface area (Å²) >= 11 is 0. The third-order valence-electron chi connectivity index (χ3n) is 1.27. The Morgan fingerprint density at radius 3 is 2.40 bits per heavy atom. The van der Waals surface area contributed by atoms with Crippen LogP contribution in [-0.2, 0) is 6.54 Å². The smallest absolute Gasteiger partial charge is 0.136 e. The summed E-state index contributed by atoms with van der Waals surface area (Å²) in [7, 11) is 1.85. The molecule has 0 bridgehead atoms. The quantitative estimate of drug-likeness (QED) is 0.326. The van der Waals surface area contributed by atoms with Crippen molar-refractivity contribution >= 4 is 6.72 Å². The van der Waals surface area contributed by atoms with Gasteiger partial charge in [-0.25, -0.2) is 6.72 Å². The zero-order valence-corrected chi connectivity index (χ0v) is 6.12. The molecule has 0 aliphatic rings. The molecule has 0 fully saturated rings. The zero-order chi connectivity index (χ0) is 7.40. The summed E-state index contributed by atoms with van der Waals surface area (Å²) in [6, 6.07) is 10.1. The van der Waals surface area contributed by atoms with Gasteiger partial charge in [0.2, 0.25) is 0 Å². The molecular formula is C9H11N. The van der Waals surface area contributed by atoms with Gasteiger partial charge in [-0.1, -0.05) is 30.3 Å². The van der Waals surface area contributed by atoms with E-state index in [9.17, 15) is 0 Å². The zero-order valence-electron chi connectivity index (χ0n) is 6.12. The van der Waals surface area contributed by atoms with E-state index in [1.165, 1.54) is 5.56 Å². The second-order valence-corrected chi connectivity index (χ2v) is 2.40. The largest absolute Gasteiger partial charge is 0.415 e. The Hall–Kier alpha value is -1.11. The number of nitrogens with zero attached hydrogens (tertiary/aromatic N) is 1. The fourth-order valence-corrected chi connectivity index (χ4v) is 0.871. The SMILES string of the molecule is [CH-]=[N+](C)Cc1ccccc1. The number of rotatable bonds is 2. The van der Waals surface area contributed by atoms with Gasteiger partial charge in [0.05, 0.1) is 0 Å². The normalized spacial score (nSPS) is 9.30. The number of benzene rings is 1. The van der Waals surface area contributed by atoms with Crippen LogP contribution in [0.4, 0.5) is 0 Å². The van der Waals surface area contributed by atoms with Gasteiger partial charge in [0, 0.05) is 5.56 Å². The molecule has 10 heavy (non-hydrogen) atoms. The summed E-state index contributed by atoms with van der Waals surface area (Å²) in [5.74, 6) is 0. The van der Waals surface area contributed by atoms with Gasteiger partial charge in [0.25, 0.3) is 0 Å². The molecule has 0 atom stereocenters. The predicted octanol–water partition coefficient (Wildman–Crippen LogP) is 1.41. The average molecular weight is 133 g/mol. The molecule has 0 aliphatic carbocycles. The maximum atomic E-state index is 5.46. The van der Waals surface area contributed by atoms with Gasteiger partial charge >= 0.3 is 0 Å². The van der Waals surface area contributed by atoms with Gasteiger partial charge < -0.3 is 4.58 Å². The van der Waals surface area contributed by atoms with Crippen LogP contribution in [0, 0.1) is 0 Å². The van der Waals surface area contributed by atoms with Gasteiger partial charge in [-0.2, -0.15) is 0 Å². The van der Waals surface area contributed by atoms with Crippen molar-refractivity contribution in [3.8, 4) is 0 Å². The molecule has 0 aliphatic heterocycles. The minimum Gasteiger partial charge on any atom is -0.415 e. The van der Waals surface area contributed by atoms with Crippen LogP contribution in [0.3, 0.4) is 0 Å². The molecule has 0 radical (unpaired) electrons. The van der Waals surface area contributed by atoms with Crippen LogP contribution in [0.15, 0.2) is 30.3 Å². The molecule has 1 rings (SSSR count). The fourth-order valence-electron chi connectivity index (χ4n) is 0.871. The number of hydrogen-bond acceptors (Lipinski definition) is 0. The van der Waals surface area contributed by atoms with E-state index >= 15 is 0 Å². The third-order valence-corrected chi connectivity index (χ3v) is 1.27. The van der Waals surface area contributed by atoms with Crippen molar-refractivity contribution in [3.63, 3.8) is 0 Å². The maximum absolute atomic E-state index is 5.46. The first kappa shape index (κ1) is 7.00. The van der Waals surface area contributed by atoms with Crippen LogP contribution in [-0.4, -0.2) is 18.3 Å². The lowest BCUT2D eigenvalue weighted by atomic mass is 10.2. The monoisotopic (exact) mass is 133 g/mol. The second kappa shape index (κ2) is 3.16. The first-order valence-corrected chi connectivity index (χ1v) is 3.29. The van der Waals surface area contributed by atoms with Crippen molar-refractivity contribution in [2.75, 3.05) is 7.05 Å². The lowest BCUT2D eigenvalue weighted by Gasteiger charge is -2.00. The van der Waals surface area contributed by atoms with Crippen molar-refractivity contribution in [3.05, 3.63) is 35.9 Å². The molecule has 1 heteroatoms. The Bertz CT molecular complexity index is 213. The second-order valence-electron chi connectivity index (χ2n) is 2.40. The van der Waals surface area contributed by atoms with Crippen molar-refractivity contribution in [2.24, 2.45) is 0 Å². The van der Waals surface area contributed by atoms with E-state index in [0.29, 0.717) is 0 Å². The molecule has 0 amide bonds. The van der Waals surface area contributed by atoms with E-state index in [2.05, 4.69) is 12.1 Å². The summed E-state index contributed by atoms with van der Waals surface area (Å²) < 4.78 is 1.66. The third kappa shape index (κ3) is 2.02. The lowest BCUT2D eigenvalue weighted by molar-refractivity contribution is -0.505. The van der Waals surface area contributed by atoms with Crippen molar-refractivity contribution in [1.82, 2.24) is 0 Å². The van der Waals surface area contributed by atoms with Crippen molar-refractivity contribution in [1.29, 1.82) is 0 Å². The van der Waals surface area contributed by atoms with E-state index in [1.807, 2.05) is 25.2 Å². The molecular weight excluding hydrogens is 122 g/mol. The summed E-state index contributed by atoms with van der Waals surface area (Å²) in [4.78, 5) is 0. The van der Waals surface area contributed by atoms with Gasteiger partial charge in [0.1, 0.15) is 13.6 Å². The highest BCUT2D eigenvalue weighted by molar-refractivity contribution is 5.17. The fraction of sp³-hybridized carbons (Fsp3) is 0.222. The highest BCUT2D eigenvalue weighted by Crippen LogP contribution is 1.97. The Morgan fingerprint density at radius 1 is 1.30 bits per heavy atom.